The molecule has 21 heavy (non-hydrogen) atoms. The highest BCUT2D eigenvalue weighted by molar-refractivity contribution is 4.75. The second-order valence-corrected chi connectivity index (χ2v) is 7.15. The molecule has 0 aliphatic carbocycles. The van der Waals surface area contributed by atoms with Gasteiger partial charge in [-0.2, -0.15) is 0 Å². The lowest BCUT2D eigenvalue weighted by atomic mass is 10.1. The van der Waals surface area contributed by atoms with E-state index in [-0.39, 0.29) is 0 Å². The zero-order valence-corrected chi connectivity index (χ0v) is 15.0. The summed E-state index contributed by atoms with van der Waals surface area (Å²) < 4.78 is 0. The lowest BCUT2D eigenvalue weighted by molar-refractivity contribution is 0.0994. The third-order valence-corrected chi connectivity index (χ3v) is 4.75. The summed E-state index contributed by atoms with van der Waals surface area (Å²) in [7, 11) is 0. The molecule has 0 radical (unpaired) electrons. The highest BCUT2D eigenvalue weighted by Gasteiger charge is 2.19. The summed E-state index contributed by atoms with van der Waals surface area (Å²) in [6.45, 7) is 18.0. The summed E-state index contributed by atoms with van der Waals surface area (Å²) >= 11 is 0. The summed E-state index contributed by atoms with van der Waals surface area (Å²) in [4.78, 5) is 5.31. The zero-order chi connectivity index (χ0) is 15.5. The van der Waals surface area contributed by atoms with Crippen molar-refractivity contribution in [1.29, 1.82) is 0 Å². The Morgan fingerprint density at radius 3 is 2.19 bits per heavy atom. The Bertz CT molecular complexity index is 235. The van der Waals surface area contributed by atoms with Crippen molar-refractivity contribution >= 4 is 0 Å². The summed E-state index contributed by atoms with van der Waals surface area (Å²) in [5, 5.41) is 3.53. The van der Waals surface area contributed by atoms with Crippen LogP contribution in [0.4, 0.5) is 0 Å². The van der Waals surface area contributed by atoms with E-state index in [1.54, 1.807) is 0 Å². The molecule has 1 unspecified atom stereocenters. The minimum atomic E-state index is 0.769. The lowest BCUT2D eigenvalue weighted by Crippen LogP contribution is -2.49. The Kier molecular flexibility index (Phi) is 10.3. The molecule has 3 nitrogen and oxygen atoms in total. The van der Waals surface area contributed by atoms with Gasteiger partial charge in [-0.15, -0.1) is 0 Å². The van der Waals surface area contributed by atoms with Crippen LogP contribution in [0.25, 0.3) is 0 Å². The highest BCUT2D eigenvalue weighted by atomic mass is 15.3. The third kappa shape index (κ3) is 8.80. The first-order valence-corrected chi connectivity index (χ1v) is 9.30. The predicted molar refractivity (Wildman–Crippen MR) is 93.9 cm³/mol. The van der Waals surface area contributed by atoms with E-state index in [0.717, 1.165) is 12.0 Å². The maximum absolute atomic E-state index is 3.53. The maximum Gasteiger partial charge on any atom is 0.0113 e. The number of unbranched alkanes of at least 4 members (excludes halogenated alkanes) is 3. The molecule has 0 aromatic heterocycles. The average molecular weight is 298 g/mol. The predicted octanol–water partition coefficient (Wildman–Crippen LogP) is 3.21. The van der Waals surface area contributed by atoms with E-state index in [0.29, 0.717) is 0 Å². The number of piperazine rings is 1. The van der Waals surface area contributed by atoms with Crippen LogP contribution in [0, 0.1) is 5.92 Å². The topological polar surface area (TPSA) is 18.5 Å². The summed E-state index contributed by atoms with van der Waals surface area (Å²) in [6, 6.07) is 0.769. The molecule has 1 rings (SSSR count). The largest absolute Gasteiger partial charge is 0.316 e. The molecule has 0 aromatic rings. The molecular formula is C18H39N3. The summed E-state index contributed by atoms with van der Waals surface area (Å²) in [5.41, 5.74) is 0. The van der Waals surface area contributed by atoms with Crippen molar-refractivity contribution in [2.75, 3.05) is 45.8 Å². The number of rotatable bonds is 11. The van der Waals surface area contributed by atoms with Crippen LogP contribution in [0.3, 0.4) is 0 Å². The van der Waals surface area contributed by atoms with E-state index < -0.39 is 0 Å². The fraction of sp³-hybridized carbons (Fsp3) is 1.00. The van der Waals surface area contributed by atoms with Gasteiger partial charge in [0, 0.05) is 32.2 Å². The first kappa shape index (κ1) is 18.9. The fourth-order valence-electron chi connectivity index (χ4n) is 3.02. The number of hydrogen-bond donors (Lipinski definition) is 1. The Labute approximate surface area is 133 Å². The van der Waals surface area contributed by atoms with Crippen molar-refractivity contribution in [1.82, 2.24) is 15.1 Å². The smallest absolute Gasteiger partial charge is 0.0113 e. The number of nitrogens with one attached hydrogen (secondary N) is 1. The molecule has 0 amide bonds. The molecule has 3 heteroatoms. The number of nitrogens with zero attached hydrogens (tertiary/aromatic N) is 2. The van der Waals surface area contributed by atoms with Crippen LogP contribution in [0.15, 0.2) is 0 Å². The molecule has 126 valence electrons. The minimum absolute atomic E-state index is 0.769. The molecule has 1 aliphatic heterocycles. The van der Waals surface area contributed by atoms with E-state index in [2.05, 4.69) is 42.8 Å². The van der Waals surface area contributed by atoms with Gasteiger partial charge in [0.15, 0.2) is 0 Å². The highest BCUT2D eigenvalue weighted by Crippen LogP contribution is 2.10. The van der Waals surface area contributed by atoms with Crippen LogP contribution >= 0.6 is 0 Å². The maximum atomic E-state index is 3.53. The van der Waals surface area contributed by atoms with Gasteiger partial charge >= 0.3 is 0 Å². The number of hydrogen-bond acceptors (Lipinski definition) is 3. The minimum Gasteiger partial charge on any atom is -0.316 e. The Morgan fingerprint density at radius 2 is 1.57 bits per heavy atom. The zero-order valence-electron chi connectivity index (χ0n) is 15.0. The summed E-state index contributed by atoms with van der Waals surface area (Å²) in [6.07, 6.45) is 6.79. The molecule has 1 saturated heterocycles. The van der Waals surface area contributed by atoms with Crippen molar-refractivity contribution < 1.29 is 0 Å². The van der Waals surface area contributed by atoms with E-state index in [1.165, 1.54) is 77.9 Å². The van der Waals surface area contributed by atoms with Gasteiger partial charge < -0.3 is 10.2 Å². The van der Waals surface area contributed by atoms with Crippen molar-refractivity contribution in [3.8, 4) is 0 Å². The van der Waals surface area contributed by atoms with Gasteiger partial charge in [0.1, 0.15) is 0 Å². The quantitative estimate of drug-likeness (QED) is 0.591. The van der Waals surface area contributed by atoms with E-state index in [4.69, 9.17) is 0 Å². The monoisotopic (exact) mass is 297 g/mol. The standard InChI is InChI=1S/C18H39N3/c1-5-18(4)21-14-12-20(13-15-21)11-9-7-6-8-10-19-16-17(2)3/h17-19H,5-16H2,1-4H3. The van der Waals surface area contributed by atoms with Crippen LogP contribution in [-0.4, -0.2) is 61.7 Å². The fourth-order valence-corrected chi connectivity index (χ4v) is 3.02. The average Bonchev–Trinajstić information content (AvgIpc) is 2.49. The first-order chi connectivity index (χ1) is 10.1. The van der Waals surface area contributed by atoms with Crippen molar-refractivity contribution in [2.45, 2.75) is 65.8 Å². The molecule has 0 aromatic carbocycles. The SMILES string of the molecule is CCC(C)N1CCN(CCCCCCNCC(C)C)CC1. The van der Waals surface area contributed by atoms with Gasteiger partial charge in [0.2, 0.25) is 0 Å². The molecule has 1 N–H and O–H groups in total. The second kappa shape index (κ2) is 11.4. The molecule has 1 fully saturated rings. The van der Waals surface area contributed by atoms with Gasteiger partial charge in [-0.25, -0.2) is 0 Å². The van der Waals surface area contributed by atoms with Crippen LogP contribution in [0.1, 0.15) is 59.8 Å². The van der Waals surface area contributed by atoms with Gasteiger partial charge in [-0.05, 0) is 51.7 Å². The van der Waals surface area contributed by atoms with Crippen LogP contribution in [0.2, 0.25) is 0 Å². The van der Waals surface area contributed by atoms with E-state index in [9.17, 15) is 0 Å². The van der Waals surface area contributed by atoms with Crippen molar-refractivity contribution in [3.05, 3.63) is 0 Å². The summed E-state index contributed by atoms with van der Waals surface area (Å²) in [5.74, 6) is 0.777. The Morgan fingerprint density at radius 1 is 0.905 bits per heavy atom. The van der Waals surface area contributed by atoms with Crippen molar-refractivity contribution in [2.24, 2.45) is 5.92 Å². The van der Waals surface area contributed by atoms with Gasteiger partial charge in [-0.3, -0.25) is 4.90 Å². The van der Waals surface area contributed by atoms with Gasteiger partial charge in [0.25, 0.3) is 0 Å². The molecule has 1 aliphatic rings. The lowest BCUT2D eigenvalue weighted by Gasteiger charge is -2.37. The molecule has 0 saturated carbocycles. The Hall–Kier alpha value is -0.120. The molecule has 1 heterocycles. The van der Waals surface area contributed by atoms with Gasteiger partial charge in [0.05, 0.1) is 0 Å². The van der Waals surface area contributed by atoms with E-state index in [1.807, 2.05) is 0 Å². The molecule has 0 spiro atoms. The Balaban J connectivity index is 1.90. The van der Waals surface area contributed by atoms with Crippen LogP contribution in [-0.2, 0) is 0 Å². The normalized spacial score (nSPS) is 19.3. The van der Waals surface area contributed by atoms with Crippen LogP contribution in [0.5, 0.6) is 0 Å². The van der Waals surface area contributed by atoms with Gasteiger partial charge in [-0.1, -0.05) is 33.6 Å². The second-order valence-electron chi connectivity index (χ2n) is 7.15. The van der Waals surface area contributed by atoms with Crippen LogP contribution < -0.4 is 5.32 Å². The van der Waals surface area contributed by atoms with E-state index >= 15 is 0 Å². The van der Waals surface area contributed by atoms with Crippen molar-refractivity contribution in [3.63, 3.8) is 0 Å². The molecule has 0 bridgehead atoms. The molecule has 1 atom stereocenters. The first-order valence-electron chi connectivity index (χ1n) is 9.30. The third-order valence-electron chi connectivity index (χ3n) is 4.75. The molecular weight excluding hydrogens is 258 g/mol.